The van der Waals surface area contributed by atoms with Crippen molar-refractivity contribution in [2.24, 2.45) is 5.73 Å². The predicted octanol–water partition coefficient (Wildman–Crippen LogP) is -0.211. The van der Waals surface area contributed by atoms with E-state index in [0.717, 1.165) is 19.5 Å². The zero-order chi connectivity index (χ0) is 8.43. The lowest BCUT2D eigenvalue weighted by atomic mass is 10.2. The first-order valence-electron chi connectivity index (χ1n) is 4.29. The van der Waals surface area contributed by atoms with E-state index in [9.17, 15) is 0 Å². The normalized spacial score (nSPS) is 36.0. The van der Waals surface area contributed by atoms with E-state index in [1.807, 2.05) is 6.92 Å². The lowest BCUT2D eigenvalue weighted by molar-refractivity contribution is 0.121. The molecule has 3 heteroatoms. The van der Waals surface area contributed by atoms with Gasteiger partial charge in [-0.05, 0) is 20.3 Å². The number of β-amino-alcohol motifs (C(OH)–C–C–N with tert-alkyl or cyclic N) is 1. The third-order valence-corrected chi connectivity index (χ3v) is 2.44. The van der Waals surface area contributed by atoms with E-state index in [-0.39, 0.29) is 6.10 Å². The summed E-state index contributed by atoms with van der Waals surface area (Å²) in [6, 6.07) is 0.735. The topological polar surface area (TPSA) is 49.5 Å². The maximum Gasteiger partial charge on any atom is 0.0639 e. The average molecular weight is 158 g/mol. The van der Waals surface area contributed by atoms with Crippen LogP contribution >= 0.6 is 0 Å². The van der Waals surface area contributed by atoms with Crippen LogP contribution in [-0.2, 0) is 0 Å². The summed E-state index contributed by atoms with van der Waals surface area (Å²) in [5, 5.41) is 9.13. The number of rotatable bonds is 2. The van der Waals surface area contributed by atoms with Gasteiger partial charge in [0.1, 0.15) is 0 Å². The average Bonchev–Trinajstić information content (AvgIpc) is 2.18. The molecule has 2 unspecified atom stereocenters. The van der Waals surface area contributed by atoms with Gasteiger partial charge in [0.2, 0.25) is 0 Å². The molecule has 0 saturated carbocycles. The van der Waals surface area contributed by atoms with Crippen molar-refractivity contribution in [3.8, 4) is 0 Å². The molecule has 0 aromatic rings. The molecule has 0 spiro atoms. The van der Waals surface area contributed by atoms with Gasteiger partial charge in [0.25, 0.3) is 0 Å². The van der Waals surface area contributed by atoms with Crippen molar-refractivity contribution in [3.63, 3.8) is 0 Å². The zero-order valence-electron chi connectivity index (χ0n) is 7.33. The summed E-state index contributed by atoms with van der Waals surface area (Å²) in [7, 11) is 0. The van der Waals surface area contributed by atoms with Crippen molar-refractivity contribution in [2.45, 2.75) is 38.5 Å². The smallest absolute Gasteiger partial charge is 0.0639 e. The van der Waals surface area contributed by atoms with E-state index in [1.165, 1.54) is 0 Å². The summed E-state index contributed by atoms with van der Waals surface area (Å²) in [5.74, 6) is 0. The molecule has 0 amide bonds. The molecule has 0 radical (unpaired) electrons. The molecule has 1 saturated heterocycles. The molecule has 1 rings (SSSR count). The Balaban J connectivity index is 2.36. The maximum absolute atomic E-state index is 9.13. The second-order valence-electron chi connectivity index (χ2n) is 3.54. The number of nitrogens with two attached hydrogens (primary N) is 1. The first kappa shape index (κ1) is 8.97. The van der Waals surface area contributed by atoms with E-state index in [2.05, 4.69) is 11.8 Å². The first-order valence-corrected chi connectivity index (χ1v) is 4.29. The molecule has 0 aromatic carbocycles. The van der Waals surface area contributed by atoms with Gasteiger partial charge in [-0.2, -0.15) is 0 Å². The second kappa shape index (κ2) is 3.52. The van der Waals surface area contributed by atoms with Crippen molar-refractivity contribution >= 4 is 0 Å². The molecular formula is C8H18N2O. The summed E-state index contributed by atoms with van der Waals surface area (Å²) in [4.78, 5) is 2.25. The molecule has 0 aromatic heterocycles. The van der Waals surface area contributed by atoms with Crippen LogP contribution in [0.5, 0.6) is 0 Å². The van der Waals surface area contributed by atoms with Gasteiger partial charge in [0.15, 0.2) is 0 Å². The Morgan fingerprint density at radius 1 is 1.73 bits per heavy atom. The molecule has 3 N–H and O–H groups in total. The molecule has 66 valence electrons. The third-order valence-electron chi connectivity index (χ3n) is 2.44. The monoisotopic (exact) mass is 158 g/mol. The second-order valence-corrected chi connectivity index (χ2v) is 3.54. The Morgan fingerprint density at radius 2 is 2.36 bits per heavy atom. The number of hydrogen-bond acceptors (Lipinski definition) is 3. The van der Waals surface area contributed by atoms with Crippen molar-refractivity contribution in [1.29, 1.82) is 0 Å². The Hall–Kier alpha value is -0.120. The number of nitrogens with zero attached hydrogens (tertiary/aromatic N) is 1. The van der Waals surface area contributed by atoms with Crippen LogP contribution in [0.25, 0.3) is 0 Å². The highest BCUT2D eigenvalue weighted by molar-refractivity contribution is 4.86. The predicted molar refractivity (Wildman–Crippen MR) is 45.3 cm³/mol. The van der Waals surface area contributed by atoms with E-state index < -0.39 is 0 Å². The Labute approximate surface area is 68.2 Å². The lowest BCUT2D eigenvalue weighted by Crippen LogP contribution is -2.39. The Bertz CT molecular complexity index is 127. The molecule has 1 aliphatic rings. The summed E-state index contributed by atoms with van der Waals surface area (Å²) in [6.07, 6.45) is 0.830. The Kier molecular flexibility index (Phi) is 2.87. The highest BCUT2D eigenvalue weighted by atomic mass is 16.3. The van der Waals surface area contributed by atoms with E-state index in [4.69, 9.17) is 10.8 Å². The SMILES string of the molecule is CC1C(N)CCN1C[C@H](C)O. The minimum absolute atomic E-state index is 0.234. The molecule has 1 fully saturated rings. The van der Waals surface area contributed by atoms with Crippen LogP contribution in [0.2, 0.25) is 0 Å². The van der Waals surface area contributed by atoms with Crippen molar-refractivity contribution in [3.05, 3.63) is 0 Å². The fraction of sp³-hybridized carbons (Fsp3) is 1.00. The van der Waals surface area contributed by atoms with Crippen LogP contribution in [0.15, 0.2) is 0 Å². The lowest BCUT2D eigenvalue weighted by Gasteiger charge is -2.23. The highest BCUT2D eigenvalue weighted by Crippen LogP contribution is 2.15. The van der Waals surface area contributed by atoms with Gasteiger partial charge in [0, 0.05) is 25.2 Å². The van der Waals surface area contributed by atoms with Crippen LogP contribution in [0, 0.1) is 0 Å². The summed E-state index contributed by atoms with van der Waals surface area (Å²) in [5.41, 5.74) is 5.82. The van der Waals surface area contributed by atoms with Crippen molar-refractivity contribution in [1.82, 2.24) is 4.90 Å². The van der Waals surface area contributed by atoms with Gasteiger partial charge in [0.05, 0.1) is 6.10 Å². The van der Waals surface area contributed by atoms with Gasteiger partial charge in [-0.25, -0.2) is 0 Å². The molecule has 11 heavy (non-hydrogen) atoms. The fourth-order valence-corrected chi connectivity index (χ4v) is 1.63. The number of aliphatic hydroxyl groups is 1. The van der Waals surface area contributed by atoms with Gasteiger partial charge < -0.3 is 10.8 Å². The Morgan fingerprint density at radius 3 is 2.73 bits per heavy atom. The standard InChI is InChI=1S/C8H18N2O/c1-6(11)5-10-4-3-8(9)7(10)2/h6-8,11H,3-5,9H2,1-2H3/t6-,7?,8?/m0/s1. The van der Waals surface area contributed by atoms with Gasteiger partial charge in [-0.3, -0.25) is 4.90 Å². The van der Waals surface area contributed by atoms with Crippen molar-refractivity contribution < 1.29 is 5.11 Å². The minimum Gasteiger partial charge on any atom is -0.392 e. The van der Waals surface area contributed by atoms with E-state index in [1.54, 1.807) is 0 Å². The van der Waals surface area contributed by atoms with Gasteiger partial charge in [-0.15, -0.1) is 0 Å². The van der Waals surface area contributed by atoms with Crippen LogP contribution in [0.1, 0.15) is 20.3 Å². The zero-order valence-corrected chi connectivity index (χ0v) is 7.33. The molecular weight excluding hydrogens is 140 g/mol. The maximum atomic E-state index is 9.13. The number of likely N-dealkylation sites (tertiary alicyclic amines) is 1. The largest absolute Gasteiger partial charge is 0.392 e. The number of hydrogen-bond donors (Lipinski definition) is 2. The van der Waals surface area contributed by atoms with Gasteiger partial charge in [-0.1, -0.05) is 0 Å². The third kappa shape index (κ3) is 2.15. The minimum atomic E-state index is -0.234. The van der Waals surface area contributed by atoms with E-state index >= 15 is 0 Å². The van der Waals surface area contributed by atoms with Crippen LogP contribution in [-0.4, -0.2) is 41.3 Å². The highest BCUT2D eigenvalue weighted by Gasteiger charge is 2.27. The van der Waals surface area contributed by atoms with Crippen LogP contribution in [0.3, 0.4) is 0 Å². The molecule has 3 nitrogen and oxygen atoms in total. The van der Waals surface area contributed by atoms with Crippen molar-refractivity contribution in [2.75, 3.05) is 13.1 Å². The summed E-state index contributed by atoms with van der Waals surface area (Å²) < 4.78 is 0. The van der Waals surface area contributed by atoms with Crippen LogP contribution in [0.4, 0.5) is 0 Å². The summed E-state index contributed by atoms with van der Waals surface area (Å²) in [6.45, 7) is 5.73. The number of aliphatic hydroxyl groups excluding tert-OH is 1. The fourth-order valence-electron chi connectivity index (χ4n) is 1.63. The van der Waals surface area contributed by atoms with Crippen LogP contribution < -0.4 is 5.73 Å². The quantitative estimate of drug-likeness (QED) is 0.584. The molecule has 1 aliphatic heterocycles. The molecule has 1 heterocycles. The molecule has 3 atom stereocenters. The summed E-state index contributed by atoms with van der Waals surface area (Å²) >= 11 is 0. The molecule has 0 bridgehead atoms. The van der Waals surface area contributed by atoms with Gasteiger partial charge >= 0.3 is 0 Å². The van der Waals surface area contributed by atoms with E-state index in [0.29, 0.717) is 12.1 Å². The molecule has 0 aliphatic carbocycles. The first-order chi connectivity index (χ1) is 5.11.